The van der Waals surface area contributed by atoms with Crippen molar-refractivity contribution in [1.82, 2.24) is 15.1 Å². The molecule has 0 aromatic carbocycles. The molecule has 20 heavy (non-hydrogen) atoms. The fraction of sp³-hybridized carbons (Fsp3) is 1.00. The van der Waals surface area contributed by atoms with Crippen molar-refractivity contribution in [2.24, 2.45) is 0 Å². The Morgan fingerprint density at radius 3 is 2.50 bits per heavy atom. The third-order valence-corrected chi connectivity index (χ3v) is 4.75. The Bertz CT molecular complexity index is 254. The van der Waals surface area contributed by atoms with Gasteiger partial charge in [-0.15, -0.1) is 0 Å². The summed E-state index contributed by atoms with van der Waals surface area (Å²) in [6.45, 7) is 9.02. The molecular formula is C16H35N3O. The fourth-order valence-corrected chi connectivity index (χ4v) is 3.14. The molecule has 1 atom stereocenters. The third-order valence-electron chi connectivity index (χ3n) is 4.75. The van der Waals surface area contributed by atoms with Crippen LogP contribution in [0.2, 0.25) is 0 Å². The first-order valence-corrected chi connectivity index (χ1v) is 8.25. The fourth-order valence-electron chi connectivity index (χ4n) is 3.14. The molecule has 1 saturated heterocycles. The molecule has 0 amide bonds. The highest BCUT2D eigenvalue weighted by atomic mass is 16.3. The molecule has 1 fully saturated rings. The minimum absolute atomic E-state index is 0.0964. The van der Waals surface area contributed by atoms with Crippen molar-refractivity contribution in [2.45, 2.75) is 57.5 Å². The van der Waals surface area contributed by atoms with Gasteiger partial charge in [0.15, 0.2) is 0 Å². The lowest BCUT2D eigenvalue weighted by Gasteiger charge is -2.35. The van der Waals surface area contributed by atoms with Crippen LogP contribution >= 0.6 is 0 Å². The number of rotatable bonds is 9. The van der Waals surface area contributed by atoms with E-state index in [2.05, 4.69) is 43.1 Å². The number of likely N-dealkylation sites (N-methyl/N-ethyl adjacent to an activating group) is 1. The van der Waals surface area contributed by atoms with E-state index >= 15 is 0 Å². The van der Waals surface area contributed by atoms with Gasteiger partial charge in [-0.3, -0.25) is 0 Å². The van der Waals surface area contributed by atoms with Crippen molar-refractivity contribution in [3.8, 4) is 0 Å². The number of nitrogens with one attached hydrogen (secondary N) is 1. The summed E-state index contributed by atoms with van der Waals surface area (Å²) in [5.41, 5.74) is -0.0964. The first-order valence-electron chi connectivity index (χ1n) is 8.25. The van der Waals surface area contributed by atoms with Gasteiger partial charge in [0.25, 0.3) is 0 Å². The molecule has 1 unspecified atom stereocenters. The van der Waals surface area contributed by atoms with E-state index in [4.69, 9.17) is 0 Å². The monoisotopic (exact) mass is 285 g/mol. The Labute approximate surface area is 125 Å². The first-order chi connectivity index (χ1) is 9.50. The predicted octanol–water partition coefficient (Wildman–Crippen LogP) is 1.54. The van der Waals surface area contributed by atoms with Crippen LogP contribution in [0.25, 0.3) is 0 Å². The molecule has 2 N–H and O–H groups in total. The van der Waals surface area contributed by atoms with Gasteiger partial charge in [-0.1, -0.05) is 13.3 Å². The average molecular weight is 285 g/mol. The Morgan fingerprint density at radius 2 is 1.95 bits per heavy atom. The molecule has 0 saturated carbocycles. The normalized spacial score (nSPS) is 21.3. The van der Waals surface area contributed by atoms with Crippen molar-refractivity contribution in [3.05, 3.63) is 0 Å². The van der Waals surface area contributed by atoms with E-state index in [-0.39, 0.29) is 12.1 Å². The Morgan fingerprint density at radius 1 is 1.30 bits per heavy atom. The molecule has 4 heteroatoms. The van der Waals surface area contributed by atoms with Gasteiger partial charge < -0.3 is 20.2 Å². The second kappa shape index (κ2) is 8.98. The van der Waals surface area contributed by atoms with Crippen LogP contribution in [0.1, 0.15) is 46.0 Å². The van der Waals surface area contributed by atoms with Crippen molar-refractivity contribution in [2.75, 3.05) is 46.9 Å². The molecule has 0 aromatic heterocycles. The SMILES string of the molecule is CCNC(C)(CO)CCCCN(C)C1CCN(C)CC1. The first kappa shape index (κ1) is 17.9. The number of unbranched alkanes of at least 4 members (excludes halogenated alkanes) is 1. The lowest BCUT2D eigenvalue weighted by Crippen LogP contribution is -2.45. The zero-order chi connectivity index (χ0) is 15.0. The second-order valence-corrected chi connectivity index (χ2v) is 6.72. The van der Waals surface area contributed by atoms with Gasteiger partial charge in [-0.25, -0.2) is 0 Å². The van der Waals surface area contributed by atoms with Crippen LogP contribution in [0.3, 0.4) is 0 Å². The van der Waals surface area contributed by atoms with E-state index in [1.165, 1.54) is 45.3 Å². The van der Waals surface area contributed by atoms with Crippen LogP contribution in [-0.2, 0) is 0 Å². The molecule has 0 spiro atoms. The average Bonchev–Trinajstić information content (AvgIpc) is 2.44. The van der Waals surface area contributed by atoms with Crippen LogP contribution in [0.15, 0.2) is 0 Å². The van der Waals surface area contributed by atoms with E-state index in [9.17, 15) is 5.11 Å². The van der Waals surface area contributed by atoms with Gasteiger partial charge >= 0.3 is 0 Å². The maximum absolute atomic E-state index is 9.48. The lowest BCUT2D eigenvalue weighted by atomic mass is 9.95. The topological polar surface area (TPSA) is 38.7 Å². The molecule has 1 aliphatic rings. The maximum atomic E-state index is 9.48. The maximum Gasteiger partial charge on any atom is 0.0610 e. The van der Waals surface area contributed by atoms with Crippen molar-refractivity contribution in [1.29, 1.82) is 0 Å². The van der Waals surface area contributed by atoms with E-state index in [0.29, 0.717) is 0 Å². The van der Waals surface area contributed by atoms with Crippen LogP contribution < -0.4 is 5.32 Å². The number of piperidine rings is 1. The van der Waals surface area contributed by atoms with E-state index in [1.54, 1.807) is 0 Å². The molecule has 0 aliphatic carbocycles. The number of nitrogens with zero attached hydrogens (tertiary/aromatic N) is 2. The minimum Gasteiger partial charge on any atom is -0.394 e. The van der Waals surface area contributed by atoms with Crippen molar-refractivity contribution >= 4 is 0 Å². The highest BCUT2D eigenvalue weighted by Crippen LogP contribution is 2.17. The molecule has 4 nitrogen and oxygen atoms in total. The third kappa shape index (κ3) is 6.08. The van der Waals surface area contributed by atoms with Gasteiger partial charge in [0.05, 0.1) is 6.61 Å². The van der Waals surface area contributed by atoms with E-state index in [1.807, 2.05) is 0 Å². The number of likely N-dealkylation sites (tertiary alicyclic amines) is 1. The molecule has 0 bridgehead atoms. The lowest BCUT2D eigenvalue weighted by molar-refractivity contribution is 0.137. The van der Waals surface area contributed by atoms with Gasteiger partial charge in [0.1, 0.15) is 0 Å². The smallest absolute Gasteiger partial charge is 0.0610 e. The highest BCUT2D eigenvalue weighted by molar-refractivity contribution is 4.82. The summed E-state index contributed by atoms with van der Waals surface area (Å²) in [5, 5.41) is 12.9. The summed E-state index contributed by atoms with van der Waals surface area (Å²) < 4.78 is 0. The number of aliphatic hydroxyl groups excluding tert-OH is 1. The highest BCUT2D eigenvalue weighted by Gasteiger charge is 2.22. The molecule has 1 heterocycles. The number of aliphatic hydroxyl groups is 1. The molecule has 1 aliphatic heterocycles. The summed E-state index contributed by atoms with van der Waals surface area (Å²) in [4.78, 5) is 4.96. The molecule has 0 aromatic rings. The Balaban J connectivity index is 2.17. The van der Waals surface area contributed by atoms with Crippen LogP contribution in [0.4, 0.5) is 0 Å². The minimum atomic E-state index is -0.0964. The molecule has 120 valence electrons. The van der Waals surface area contributed by atoms with Crippen LogP contribution in [-0.4, -0.2) is 73.4 Å². The zero-order valence-electron chi connectivity index (χ0n) is 14.0. The second-order valence-electron chi connectivity index (χ2n) is 6.72. The van der Waals surface area contributed by atoms with Crippen molar-refractivity contribution in [3.63, 3.8) is 0 Å². The molecule has 0 radical (unpaired) electrons. The van der Waals surface area contributed by atoms with Crippen molar-refractivity contribution < 1.29 is 5.11 Å². The van der Waals surface area contributed by atoms with Gasteiger partial charge in [-0.05, 0) is 72.9 Å². The largest absolute Gasteiger partial charge is 0.394 e. The summed E-state index contributed by atoms with van der Waals surface area (Å²) in [6.07, 6.45) is 6.07. The van der Waals surface area contributed by atoms with Gasteiger partial charge in [0.2, 0.25) is 0 Å². The van der Waals surface area contributed by atoms with Crippen LogP contribution in [0, 0.1) is 0 Å². The Kier molecular flexibility index (Phi) is 8.03. The quantitative estimate of drug-likeness (QED) is 0.630. The number of hydrogen-bond acceptors (Lipinski definition) is 4. The number of hydrogen-bond donors (Lipinski definition) is 2. The van der Waals surface area contributed by atoms with E-state index < -0.39 is 0 Å². The van der Waals surface area contributed by atoms with Gasteiger partial charge in [-0.2, -0.15) is 0 Å². The van der Waals surface area contributed by atoms with Gasteiger partial charge in [0, 0.05) is 11.6 Å². The van der Waals surface area contributed by atoms with E-state index in [0.717, 1.165) is 19.0 Å². The molecule has 1 rings (SSSR count). The predicted molar refractivity (Wildman–Crippen MR) is 86.2 cm³/mol. The summed E-state index contributed by atoms with van der Waals surface area (Å²) in [7, 11) is 4.48. The summed E-state index contributed by atoms with van der Waals surface area (Å²) in [6, 6.07) is 0.768. The standard InChI is InChI=1S/C16H35N3O/c1-5-17-16(2,14-20)10-6-7-11-19(4)15-8-12-18(3)13-9-15/h15,17,20H,5-14H2,1-4H3. The van der Waals surface area contributed by atoms with Crippen LogP contribution in [0.5, 0.6) is 0 Å². The zero-order valence-corrected chi connectivity index (χ0v) is 14.0. The summed E-state index contributed by atoms with van der Waals surface area (Å²) in [5.74, 6) is 0. The summed E-state index contributed by atoms with van der Waals surface area (Å²) >= 11 is 0. The Hall–Kier alpha value is -0.160. The molecular weight excluding hydrogens is 250 g/mol.